The molecule has 0 saturated carbocycles. The van der Waals surface area contributed by atoms with Crippen LogP contribution in [-0.4, -0.2) is 40.5 Å². The van der Waals surface area contributed by atoms with Gasteiger partial charge in [-0.25, -0.2) is 0 Å². The molecule has 2 atom stereocenters. The fraction of sp³-hybridized carbons (Fsp3) is 0.389. The molecule has 1 N–H and O–H groups in total. The van der Waals surface area contributed by atoms with Crippen LogP contribution in [0.2, 0.25) is 0 Å². The number of alkyl halides is 2. The van der Waals surface area contributed by atoms with Gasteiger partial charge in [0.25, 0.3) is 0 Å². The number of β-amino-alcohol motifs (C(OH)–C–C–N with tert-alkyl or cyclic N) is 1. The van der Waals surface area contributed by atoms with Gasteiger partial charge in [-0.2, -0.15) is 0 Å². The van der Waals surface area contributed by atoms with Gasteiger partial charge in [0.2, 0.25) is 0 Å². The zero-order valence-electron chi connectivity index (χ0n) is 13.4. The van der Waals surface area contributed by atoms with Gasteiger partial charge in [0, 0.05) is 37.9 Å². The minimum atomic E-state index is -3.60. The Bertz CT molecular complexity index is 757. The summed E-state index contributed by atoms with van der Waals surface area (Å²) in [5, 5.41) is 10.3. The first kappa shape index (κ1) is 16.2. The van der Waals surface area contributed by atoms with Crippen LogP contribution in [0.5, 0.6) is 11.5 Å². The number of aliphatic hydroxyl groups is 1. The summed E-state index contributed by atoms with van der Waals surface area (Å²) in [7, 11) is 0. The molecule has 1 saturated heterocycles. The van der Waals surface area contributed by atoms with Gasteiger partial charge in [0.1, 0.15) is 0 Å². The summed E-state index contributed by atoms with van der Waals surface area (Å²) in [6.45, 7) is 1.86. The molecule has 1 aromatic heterocycles. The van der Waals surface area contributed by atoms with Crippen molar-refractivity contribution >= 4 is 0 Å². The first-order valence-corrected chi connectivity index (χ1v) is 8.16. The highest BCUT2D eigenvalue weighted by Crippen LogP contribution is 2.41. The maximum absolute atomic E-state index is 13.1. The van der Waals surface area contributed by atoms with E-state index < -0.39 is 12.4 Å². The van der Waals surface area contributed by atoms with Gasteiger partial charge in [-0.1, -0.05) is 6.07 Å². The van der Waals surface area contributed by atoms with Crippen molar-refractivity contribution in [2.24, 2.45) is 5.92 Å². The standard InChI is InChI=1S/C18H18F2N2O3/c19-18(20)24-16-2-1-13(8-17(16)25-18)9-22-10-14(15(23)11-22)7-12-3-5-21-6-4-12/h1-6,8,14-15,23H,7,9-11H2/t14-,15+/m1/s1. The summed E-state index contributed by atoms with van der Waals surface area (Å²) < 4.78 is 35.1. The fourth-order valence-electron chi connectivity index (χ4n) is 3.44. The lowest BCUT2D eigenvalue weighted by molar-refractivity contribution is -0.286. The number of ether oxygens (including phenoxy) is 2. The molecule has 132 valence electrons. The van der Waals surface area contributed by atoms with E-state index in [1.54, 1.807) is 24.5 Å². The zero-order valence-corrected chi connectivity index (χ0v) is 13.4. The van der Waals surface area contributed by atoms with Crippen LogP contribution in [0, 0.1) is 5.92 Å². The highest BCUT2D eigenvalue weighted by atomic mass is 19.3. The third-order valence-corrected chi connectivity index (χ3v) is 4.60. The van der Waals surface area contributed by atoms with Gasteiger partial charge in [-0.3, -0.25) is 9.88 Å². The molecule has 0 aliphatic carbocycles. The van der Waals surface area contributed by atoms with E-state index in [4.69, 9.17) is 0 Å². The Morgan fingerprint density at radius 1 is 1.08 bits per heavy atom. The Hall–Kier alpha value is -2.25. The molecule has 4 rings (SSSR count). The highest BCUT2D eigenvalue weighted by molar-refractivity contribution is 5.45. The molecule has 0 radical (unpaired) electrons. The van der Waals surface area contributed by atoms with Crippen molar-refractivity contribution in [2.75, 3.05) is 13.1 Å². The van der Waals surface area contributed by atoms with E-state index in [0.717, 1.165) is 24.1 Å². The van der Waals surface area contributed by atoms with E-state index in [2.05, 4.69) is 19.4 Å². The SMILES string of the molecule is O[C@H]1CN(Cc2ccc3c(c2)OC(F)(F)O3)C[C@H]1Cc1ccncc1. The molecule has 3 heterocycles. The van der Waals surface area contributed by atoms with Gasteiger partial charge in [0.05, 0.1) is 6.10 Å². The molecule has 5 nitrogen and oxygen atoms in total. The van der Waals surface area contributed by atoms with Gasteiger partial charge < -0.3 is 14.6 Å². The van der Waals surface area contributed by atoms with Gasteiger partial charge in [-0.05, 0) is 41.8 Å². The van der Waals surface area contributed by atoms with E-state index in [-0.39, 0.29) is 17.4 Å². The summed E-state index contributed by atoms with van der Waals surface area (Å²) in [4.78, 5) is 6.12. The van der Waals surface area contributed by atoms with Gasteiger partial charge in [-0.15, -0.1) is 8.78 Å². The summed E-state index contributed by atoms with van der Waals surface area (Å²) in [6.07, 6.45) is 0.272. The number of fused-ring (bicyclic) bond motifs is 1. The minimum Gasteiger partial charge on any atom is -0.395 e. The quantitative estimate of drug-likeness (QED) is 0.920. The molecular formula is C18H18F2N2O3. The molecular weight excluding hydrogens is 330 g/mol. The second-order valence-corrected chi connectivity index (χ2v) is 6.53. The molecule has 2 aliphatic heterocycles. The summed E-state index contributed by atoms with van der Waals surface area (Å²) in [5.74, 6) is 0.238. The van der Waals surface area contributed by atoms with E-state index >= 15 is 0 Å². The Kier molecular flexibility index (Phi) is 4.05. The van der Waals surface area contributed by atoms with Crippen LogP contribution >= 0.6 is 0 Å². The van der Waals surface area contributed by atoms with Crippen molar-refractivity contribution in [1.29, 1.82) is 0 Å². The van der Waals surface area contributed by atoms with Crippen LogP contribution in [0.25, 0.3) is 0 Å². The van der Waals surface area contributed by atoms with Crippen LogP contribution in [0.3, 0.4) is 0 Å². The molecule has 0 unspecified atom stereocenters. The largest absolute Gasteiger partial charge is 0.586 e. The topological polar surface area (TPSA) is 54.8 Å². The summed E-state index contributed by atoms with van der Waals surface area (Å²) in [5.41, 5.74) is 1.99. The number of hydrogen-bond acceptors (Lipinski definition) is 5. The molecule has 2 aliphatic rings. The molecule has 0 spiro atoms. The molecule has 2 aromatic rings. The number of benzene rings is 1. The lowest BCUT2D eigenvalue weighted by atomic mass is 9.97. The van der Waals surface area contributed by atoms with Crippen molar-refractivity contribution in [3.05, 3.63) is 53.9 Å². The highest BCUT2D eigenvalue weighted by Gasteiger charge is 2.43. The second-order valence-electron chi connectivity index (χ2n) is 6.53. The Morgan fingerprint density at radius 3 is 2.64 bits per heavy atom. The van der Waals surface area contributed by atoms with Crippen LogP contribution in [0.15, 0.2) is 42.7 Å². The Labute approximate surface area is 143 Å². The minimum absolute atomic E-state index is 0.0470. The predicted molar refractivity (Wildman–Crippen MR) is 85.4 cm³/mol. The number of aliphatic hydroxyl groups excluding tert-OH is 1. The zero-order chi connectivity index (χ0) is 17.4. The summed E-state index contributed by atoms with van der Waals surface area (Å²) >= 11 is 0. The van der Waals surface area contributed by atoms with Crippen LogP contribution < -0.4 is 9.47 Å². The third-order valence-electron chi connectivity index (χ3n) is 4.60. The molecule has 1 fully saturated rings. The van der Waals surface area contributed by atoms with Crippen molar-refractivity contribution < 1.29 is 23.4 Å². The number of likely N-dealkylation sites (tertiary alicyclic amines) is 1. The van der Waals surface area contributed by atoms with Crippen molar-refractivity contribution in [3.8, 4) is 11.5 Å². The number of hydrogen-bond donors (Lipinski definition) is 1. The van der Waals surface area contributed by atoms with E-state index in [1.807, 2.05) is 12.1 Å². The second kappa shape index (κ2) is 6.24. The molecule has 25 heavy (non-hydrogen) atoms. The maximum atomic E-state index is 13.1. The van der Waals surface area contributed by atoms with Gasteiger partial charge >= 0.3 is 6.29 Å². The van der Waals surface area contributed by atoms with E-state index in [0.29, 0.717) is 13.1 Å². The lowest BCUT2D eigenvalue weighted by Crippen LogP contribution is -2.26. The van der Waals surface area contributed by atoms with Crippen molar-refractivity contribution in [3.63, 3.8) is 0 Å². The number of pyridine rings is 1. The predicted octanol–water partition coefficient (Wildman–Crippen LogP) is 2.44. The number of nitrogens with zero attached hydrogens (tertiary/aromatic N) is 2. The Balaban J connectivity index is 1.40. The molecule has 7 heteroatoms. The monoisotopic (exact) mass is 348 g/mol. The third kappa shape index (κ3) is 3.57. The van der Waals surface area contributed by atoms with Crippen molar-refractivity contribution in [1.82, 2.24) is 9.88 Å². The average Bonchev–Trinajstić information content (AvgIpc) is 3.06. The number of halogens is 2. The smallest absolute Gasteiger partial charge is 0.395 e. The van der Waals surface area contributed by atoms with Crippen LogP contribution in [0.1, 0.15) is 11.1 Å². The van der Waals surface area contributed by atoms with Crippen LogP contribution in [0.4, 0.5) is 8.78 Å². The van der Waals surface area contributed by atoms with E-state index in [9.17, 15) is 13.9 Å². The Morgan fingerprint density at radius 2 is 1.84 bits per heavy atom. The molecule has 1 aromatic carbocycles. The molecule has 0 bridgehead atoms. The lowest BCUT2D eigenvalue weighted by Gasteiger charge is -2.16. The van der Waals surface area contributed by atoms with Crippen molar-refractivity contribution in [2.45, 2.75) is 25.4 Å². The molecule has 0 amide bonds. The normalized spacial score (nSPS) is 24.6. The average molecular weight is 348 g/mol. The van der Waals surface area contributed by atoms with Gasteiger partial charge in [0.15, 0.2) is 11.5 Å². The van der Waals surface area contributed by atoms with E-state index in [1.165, 1.54) is 6.07 Å². The first-order chi connectivity index (χ1) is 12.0. The maximum Gasteiger partial charge on any atom is 0.586 e. The fourth-order valence-corrected chi connectivity index (χ4v) is 3.44. The first-order valence-electron chi connectivity index (χ1n) is 8.16. The summed E-state index contributed by atoms with van der Waals surface area (Å²) in [6, 6.07) is 8.71. The number of rotatable bonds is 4. The van der Waals surface area contributed by atoms with Crippen LogP contribution in [-0.2, 0) is 13.0 Å². The number of aromatic nitrogens is 1.